The van der Waals surface area contributed by atoms with Crippen LogP contribution < -0.4 is 5.32 Å². The third-order valence-electron chi connectivity index (χ3n) is 2.98. The molecule has 0 bridgehead atoms. The number of nitrogens with one attached hydrogen (secondary N) is 1. The predicted octanol–water partition coefficient (Wildman–Crippen LogP) is 2.47. The summed E-state index contributed by atoms with van der Waals surface area (Å²) in [7, 11) is 0. The Morgan fingerprint density at radius 3 is 2.83 bits per heavy atom. The highest BCUT2D eigenvalue weighted by Crippen LogP contribution is 2.20. The van der Waals surface area contributed by atoms with Crippen LogP contribution in [0.15, 0.2) is 28.7 Å². The van der Waals surface area contributed by atoms with Gasteiger partial charge in [0.15, 0.2) is 0 Å². The highest BCUT2D eigenvalue weighted by molar-refractivity contribution is 9.10. The van der Waals surface area contributed by atoms with Gasteiger partial charge >= 0.3 is 0 Å². The fraction of sp³-hybridized carbons (Fsp3) is 0.571. The normalized spacial score (nSPS) is 18.6. The van der Waals surface area contributed by atoms with Gasteiger partial charge in [-0.2, -0.15) is 0 Å². The van der Waals surface area contributed by atoms with Gasteiger partial charge in [-0.15, -0.1) is 0 Å². The maximum atomic E-state index is 10.1. The molecule has 2 N–H and O–H groups in total. The molecule has 0 heterocycles. The molecule has 1 unspecified atom stereocenters. The van der Waals surface area contributed by atoms with E-state index >= 15 is 0 Å². The van der Waals surface area contributed by atoms with E-state index in [9.17, 15) is 5.11 Å². The van der Waals surface area contributed by atoms with Crippen molar-refractivity contribution in [1.82, 2.24) is 5.32 Å². The molecule has 0 aliphatic heterocycles. The lowest BCUT2D eigenvalue weighted by atomic mass is 10.1. The molecule has 0 radical (unpaired) electrons. The molecule has 0 spiro atoms. The van der Waals surface area contributed by atoms with Gasteiger partial charge in [0, 0.05) is 17.1 Å². The van der Waals surface area contributed by atoms with Crippen LogP contribution in [-0.2, 0) is 11.3 Å². The van der Waals surface area contributed by atoms with Crippen LogP contribution in [0.4, 0.5) is 0 Å². The predicted molar refractivity (Wildman–Crippen MR) is 75.4 cm³/mol. The summed E-state index contributed by atoms with van der Waals surface area (Å²) in [4.78, 5) is 0. The molecule has 18 heavy (non-hydrogen) atoms. The van der Waals surface area contributed by atoms with Gasteiger partial charge in [-0.1, -0.05) is 34.1 Å². The minimum atomic E-state index is -0.802. The molecular formula is C14H20BrNO2. The van der Waals surface area contributed by atoms with Crippen molar-refractivity contribution in [2.24, 2.45) is 0 Å². The van der Waals surface area contributed by atoms with Crippen LogP contribution in [0.5, 0.6) is 0 Å². The van der Waals surface area contributed by atoms with Gasteiger partial charge in [0.2, 0.25) is 0 Å². The number of aliphatic hydroxyl groups is 1. The van der Waals surface area contributed by atoms with Crippen LogP contribution in [-0.4, -0.2) is 29.9 Å². The number of benzene rings is 1. The van der Waals surface area contributed by atoms with E-state index < -0.39 is 5.60 Å². The van der Waals surface area contributed by atoms with Crippen molar-refractivity contribution >= 4 is 15.9 Å². The Labute approximate surface area is 117 Å². The van der Waals surface area contributed by atoms with Gasteiger partial charge in [0.05, 0.1) is 18.8 Å². The van der Waals surface area contributed by atoms with Gasteiger partial charge in [-0.3, -0.25) is 0 Å². The van der Waals surface area contributed by atoms with Crippen molar-refractivity contribution in [1.29, 1.82) is 0 Å². The molecule has 1 saturated carbocycles. The Morgan fingerprint density at radius 2 is 2.17 bits per heavy atom. The monoisotopic (exact) mass is 313 g/mol. The Bertz CT molecular complexity index is 391. The largest absolute Gasteiger partial charge is 0.386 e. The summed E-state index contributed by atoms with van der Waals surface area (Å²) < 4.78 is 6.64. The first kappa shape index (κ1) is 14.0. The van der Waals surface area contributed by atoms with E-state index in [2.05, 4.69) is 21.2 Å². The molecule has 1 aliphatic rings. The average molecular weight is 314 g/mol. The van der Waals surface area contributed by atoms with Gasteiger partial charge in [0.1, 0.15) is 0 Å². The number of halogens is 1. The molecule has 1 atom stereocenters. The Balaban J connectivity index is 1.71. The third kappa shape index (κ3) is 4.69. The van der Waals surface area contributed by atoms with Crippen LogP contribution in [0.3, 0.4) is 0 Å². The number of hydrogen-bond acceptors (Lipinski definition) is 3. The summed E-state index contributed by atoms with van der Waals surface area (Å²) in [5.41, 5.74) is 0.299. The van der Waals surface area contributed by atoms with E-state index in [-0.39, 0.29) is 0 Å². The summed E-state index contributed by atoms with van der Waals surface area (Å²) in [6.07, 6.45) is 2.46. The summed E-state index contributed by atoms with van der Waals surface area (Å²) in [5.74, 6) is 0. The van der Waals surface area contributed by atoms with E-state index in [4.69, 9.17) is 4.74 Å². The van der Waals surface area contributed by atoms with E-state index in [0.29, 0.717) is 25.8 Å². The maximum absolute atomic E-state index is 10.1. The van der Waals surface area contributed by atoms with Crippen LogP contribution in [0.25, 0.3) is 0 Å². The SMILES string of the molecule is CC(O)(CNC1CC1)COCc1ccccc1Br. The fourth-order valence-corrected chi connectivity index (χ4v) is 2.10. The zero-order chi connectivity index (χ0) is 13.0. The van der Waals surface area contributed by atoms with E-state index in [1.165, 1.54) is 12.8 Å². The van der Waals surface area contributed by atoms with Crippen LogP contribution in [0.1, 0.15) is 25.3 Å². The first-order chi connectivity index (χ1) is 8.57. The van der Waals surface area contributed by atoms with Crippen molar-refractivity contribution in [2.75, 3.05) is 13.2 Å². The molecular weight excluding hydrogens is 294 g/mol. The van der Waals surface area contributed by atoms with Crippen molar-refractivity contribution in [3.05, 3.63) is 34.3 Å². The van der Waals surface area contributed by atoms with Crippen LogP contribution in [0, 0.1) is 0 Å². The average Bonchev–Trinajstić information content (AvgIpc) is 3.13. The Hall–Kier alpha value is -0.420. The molecule has 2 rings (SSSR count). The molecule has 4 heteroatoms. The Morgan fingerprint density at radius 1 is 1.44 bits per heavy atom. The van der Waals surface area contributed by atoms with Gasteiger partial charge in [0.25, 0.3) is 0 Å². The zero-order valence-electron chi connectivity index (χ0n) is 10.7. The lowest BCUT2D eigenvalue weighted by Gasteiger charge is -2.23. The zero-order valence-corrected chi connectivity index (χ0v) is 12.2. The lowest BCUT2D eigenvalue weighted by Crippen LogP contribution is -2.42. The van der Waals surface area contributed by atoms with Crippen molar-refractivity contribution in [3.63, 3.8) is 0 Å². The van der Waals surface area contributed by atoms with Gasteiger partial charge in [-0.25, -0.2) is 0 Å². The van der Waals surface area contributed by atoms with Crippen molar-refractivity contribution in [3.8, 4) is 0 Å². The molecule has 3 nitrogen and oxygen atoms in total. The number of hydrogen-bond donors (Lipinski definition) is 2. The molecule has 100 valence electrons. The van der Waals surface area contributed by atoms with Gasteiger partial charge in [-0.05, 0) is 31.4 Å². The second kappa shape index (κ2) is 6.15. The standard InChI is InChI=1S/C14H20BrNO2/c1-14(17,9-16-12-6-7-12)10-18-8-11-4-2-3-5-13(11)15/h2-5,12,16-17H,6-10H2,1H3. The minimum Gasteiger partial charge on any atom is -0.386 e. The van der Waals surface area contributed by atoms with Gasteiger partial charge < -0.3 is 15.2 Å². The molecule has 0 saturated heterocycles. The smallest absolute Gasteiger partial charge is 0.0975 e. The highest BCUT2D eigenvalue weighted by atomic mass is 79.9. The summed E-state index contributed by atoms with van der Waals surface area (Å²) >= 11 is 3.48. The second-order valence-electron chi connectivity index (χ2n) is 5.24. The fourth-order valence-electron chi connectivity index (χ4n) is 1.70. The summed E-state index contributed by atoms with van der Waals surface area (Å²) in [6, 6.07) is 8.58. The highest BCUT2D eigenvalue weighted by Gasteiger charge is 2.26. The van der Waals surface area contributed by atoms with E-state index in [1.54, 1.807) is 0 Å². The molecule has 1 aromatic carbocycles. The summed E-state index contributed by atoms with van der Waals surface area (Å²) in [5, 5.41) is 13.5. The quantitative estimate of drug-likeness (QED) is 0.812. The maximum Gasteiger partial charge on any atom is 0.0975 e. The molecule has 0 aromatic heterocycles. The minimum absolute atomic E-state index is 0.341. The van der Waals surface area contributed by atoms with Crippen molar-refractivity contribution < 1.29 is 9.84 Å². The van der Waals surface area contributed by atoms with E-state index in [0.717, 1.165) is 10.0 Å². The molecule has 1 aliphatic carbocycles. The number of rotatable bonds is 7. The first-order valence-corrected chi connectivity index (χ1v) is 7.13. The molecule has 1 aromatic rings. The van der Waals surface area contributed by atoms with Crippen molar-refractivity contribution in [2.45, 2.75) is 38.0 Å². The lowest BCUT2D eigenvalue weighted by molar-refractivity contribution is -0.0383. The first-order valence-electron chi connectivity index (χ1n) is 6.34. The summed E-state index contributed by atoms with van der Waals surface area (Å²) in [6.45, 7) is 3.26. The van der Waals surface area contributed by atoms with E-state index in [1.807, 2.05) is 31.2 Å². The molecule has 0 amide bonds. The Kier molecular flexibility index (Phi) is 4.78. The van der Waals surface area contributed by atoms with Crippen LogP contribution in [0.2, 0.25) is 0 Å². The molecule has 1 fully saturated rings. The second-order valence-corrected chi connectivity index (χ2v) is 6.09. The third-order valence-corrected chi connectivity index (χ3v) is 3.75. The van der Waals surface area contributed by atoms with Crippen LogP contribution >= 0.6 is 15.9 Å². The topological polar surface area (TPSA) is 41.5 Å². The number of ether oxygens (including phenoxy) is 1.